The van der Waals surface area contributed by atoms with Gasteiger partial charge >= 0.3 is 5.97 Å². The molecule has 0 aromatic heterocycles. The summed E-state index contributed by atoms with van der Waals surface area (Å²) in [5.74, 6) is -0.124. The van der Waals surface area contributed by atoms with Crippen molar-refractivity contribution in [3.8, 4) is 0 Å². The quantitative estimate of drug-likeness (QED) is 0.661. The zero-order valence-electron chi connectivity index (χ0n) is 8.08. The summed E-state index contributed by atoms with van der Waals surface area (Å²) in [6.45, 7) is 6.03. The molecule has 3 nitrogen and oxygen atoms in total. The molecule has 0 rings (SSSR count). The molecule has 0 amide bonds. The Kier molecular flexibility index (Phi) is 4.90. The molecule has 0 aliphatic carbocycles. The van der Waals surface area contributed by atoms with Crippen LogP contribution in [0.25, 0.3) is 0 Å². The molecule has 0 aromatic rings. The Hall–Kier alpha value is -0.570. The van der Waals surface area contributed by atoms with Crippen molar-refractivity contribution < 1.29 is 9.90 Å². The minimum absolute atomic E-state index is 0.0245. The molecule has 0 heterocycles. The topological polar surface area (TPSA) is 63.3 Å². The molecule has 3 heteroatoms. The molecular formula is C9H19NO2. The summed E-state index contributed by atoms with van der Waals surface area (Å²) in [4.78, 5) is 10.4. The zero-order valence-corrected chi connectivity index (χ0v) is 8.08. The van der Waals surface area contributed by atoms with Gasteiger partial charge in [-0.05, 0) is 25.2 Å². The van der Waals surface area contributed by atoms with Crippen LogP contribution in [-0.2, 0) is 4.79 Å². The molecule has 72 valence electrons. The lowest BCUT2D eigenvalue weighted by atomic mass is 9.89. The van der Waals surface area contributed by atoms with Crippen molar-refractivity contribution in [2.45, 2.75) is 39.7 Å². The van der Waals surface area contributed by atoms with Crippen LogP contribution in [0.1, 0.15) is 33.6 Å². The van der Waals surface area contributed by atoms with Gasteiger partial charge in [0.2, 0.25) is 0 Å². The van der Waals surface area contributed by atoms with E-state index in [4.69, 9.17) is 10.8 Å². The summed E-state index contributed by atoms with van der Waals surface area (Å²) in [5, 5.41) is 8.59. The van der Waals surface area contributed by atoms with Crippen molar-refractivity contribution in [1.82, 2.24) is 0 Å². The Morgan fingerprint density at radius 1 is 1.42 bits per heavy atom. The van der Waals surface area contributed by atoms with E-state index in [1.165, 1.54) is 0 Å². The minimum atomic E-state index is -0.752. The lowest BCUT2D eigenvalue weighted by Gasteiger charge is -2.20. The van der Waals surface area contributed by atoms with Gasteiger partial charge in [-0.3, -0.25) is 4.79 Å². The number of carboxylic acid groups (broad SMARTS) is 1. The number of hydrogen-bond acceptors (Lipinski definition) is 2. The summed E-state index contributed by atoms with van der Waals surface area (Å²) >= 11 is 0. The monoisotopic (exact) mass is 173 g/mol. The number of aliphatic carboxylic acids is 1. The predicted molar refractivity (Wildman–Crippen MR) is 48.8 cm³/mol. The number of hydrogen-bond donors (Lipinski definition) is 2. The normalized spacial score (nSPS) is 16.1. The highest BCUT2D eigenvalue weighted by Gasteiger charge is 2.18. The van der Waals surface area contributed by atoms with E-state index in [1.54, 1.807) is 0 Å². The van der Waals surface area contributed by atoms with E-state index in [2.05, 4.69) is 13.8 Å². The van der Waals surface area contributed by atoms with Crippen LogP contribution < -0.4 is 5.73 Å². The third-order valence-electron chi connectivity index (χ3n) is 1.95. The first-order chi connectivity index (χ1) is 5.43. The largest absolute Gasteiger partial charge is 0.481 e. The van der Waals surface area contributed by atoms with Crippen LogP contribution in [0.2, 0.25) is 0 Å². The van der Waals surface area contributed by atoms with E-state index in [0.29, 0.717) is 5.92 Å². The highest BCUT2D eigenvalue weighted by molar-refractivity contribution is 5.67. The molecule has 3 N–H and O–H groups in total. The maximum Gasteiger partial charge on any atom is 0.303 e. The second kappa shape index (κ2) is 5.14. The lowest BCUT2D eigenvalue weighted by Crippen LogP contribution is -2.29. The molecule has 0 radical (unpaired) electrons. The number of nitrogens with two attached hydrogens (primary N) is 1. The molecule has 1 unspecified atom stereocenters. The van der Waals surface area contributed by atoms with Crippen molar-refractivity contribution in [2.24, 2.45) is 17.6 Å². The molecule has 0 aliphatic heterocycles. The van der Waals surface area contributed by atoms with Crippen LogP contribution in [0, 0.1) is 11.8 Å². The van der Waals surface area contributed by atoms with Gasteiger partial charge in [-0.15, -0.1) is 0 Å². The van der Waals surface area contributed by atoms with E-state index in [1.807, 2.05) is 6.92 Å². The molecule has 0 aromatic carbocycles. The smallest absolute Gasteiger partial charge is 0.303 e. The van der Waals surface area contributed by atoms with Gasteiger partial charge in [0.15, 0.2) is 0 Å². The van der Waals surface area contributed by atoms with Crippen molar-refractivity contribution in [1.29, 1.82) is 0 Å². The zero-order chi connectivity index (χ0) is 9.72. The van der Waals surface area contributed by atoms with Crippen LogP contribution >= 0.6 is 0 Å². The fraction of sp³-hybridized carbons (Fsp3) is 0.889. The average Bonchev–Trinajstić information content (AvgIpc) is 1.83. The highest BCUT2D eigenvalue weighted by atomic mass is 16.4. The summed E-state index contributed by atoms with van der Waals surface area (Å²) < 4.78 is 0. The third-order valence-corrected chi connectivity index (χ3v) is 1.95. The first kappa shape index (κ1) is 11.4. The van der Waals surface area contributed by atoms with Crippen LogP contribution in [0.15, 0.2) is 0 Å². The third kappa shape index (κ3) is 5.13. The van der Waals surface area contributed by atoms with Gasteiger partial charge in [0.25, 0.3) is 0 Å². The molecule has 0 saturated carbocycles. The maximum absolute atomic E-state index is 10.4. The predicted octanol–water partition coefficient (Wildman–Crippen LogP) is 1.47. The van der Waals surface area contributed by atoms with Crippen molar-refractivity contribution in [2.75, 3.05) is 0 Å². The van der Waals surface area contributed by atoms with Crippen LogP contribution in [0.4, 0.5) is 0 Å². The van der Waals surface area contributed by atoms with Crippen LogP contribution in [-0.4, -0.2) is 17.1 Å². The maximum atomic E-state index is 10.4. The summed E-state index contributed by atoms with van der Waals surface area (Å²) in [7, 11) is 0. The molecule has 0 spiro atoms. The average molecular weight is 173 g/mol. The van der Waals surface area contributed by atoms with Crippen LogP contribution in [0.3, 0.4) is 0 Å². The van der Waals surface area contributed by atoms with Gasteiger partial charge < -0.3 is 10.8 Å². The number of carboxylic acids is 1. The second-order valence-corrected chi connectivity index (χ2v) is 3.85. The second-order valence-electron chi connectivity index (χ2n) is 3.85. The Bertz CT molecular complexity index is 143. The Labute approximate surface area is 74.0 Å². The Morgan fingerprint density at radius 3 is 2.17 bits per heavy atom. The fourth-order valence-corrected chi connectivity index (χ4v) is 1.31. The minimum Gasteiger partial charge on any atom is -0.481 e. The standard InChI is InChI=1S/C9H19NO2/c1-6(2)4-8(7(3)10)5-9(11)12/h6-8H,4-5,10H2,1-3H3,(H,11,12)/t7?,8-/m0/s1. The van der Waals surface area contributed by atoms with Gasteiger partial charge in [-0.2, -0.15) is 0 Å². The molecule has 0 aliphatic rings. The first-order valence-electron chi connectivity index (χ1n) is 4.40. The van der Waals surface area contributed by atoms with Crippen molar-refractivity contribution in [3.05, 3.63) is 0 Å². The van der Waals surface area contributed by atoms with E-state index < -0.39 is 5.97 Å². The fourth-order valence-electron chi connectivity index (χ4n) is 1.31. The van der Waals surface area contributed by atoms with Crippen molar-refractivity contribution >= 4 is 5.97 Å². The summed E-state index contributed by atoms with van der Waals surface area (Å²) in [6.07, 6.45) is 1.08. The van der Waals surface area contributed by atoms with Gasteiger partial charge in [0.1, 0.15) is 0 Å². The first-order valence-corrected chi connectivity index (χ1v) is 4.40. The molecular weight excluding hydrogens is 154 g/mol. The van der Waals surface area contributed by atoms with E-state index >= 15 is 0 Å². The van der Waals surface area contributed by atoms with Crippen LogP contribution in [0.5, 0.6) is 0 Å². The van der Waals surface area contributed by atoms with Gasteiger partial charge in [0, 0.05) is 12.5 Å². The highest BCUT2D eigenvalue weighted by Crippen LogP contribution is 2.17. The van der Waals surface area contributed by atoms with Crippen molar-refractivity contribution in [3.63, 3.8) is 0 Å². The molecule has 12 heavy (non-hydrogen) atoms. The SMILES string of the molecule is CC(C)C[C@@H](CC(=O)O)C(C)N. The molecule has 0 saturated heterocycles. The van der Waals surface area contributed by atoms with Gasteiger partial charge in [-0.1, -0.05) is 13.8 Å². The number of carbonyl (C=O) groups is 1. The van der Waals surface area contributed by atoms with Gasteiger partial charge in [-0.25, -0.2) is 0 Å². The molecule has 2 atom stereocenters. The van der Waals surface area contributed by atoms with E-state index in [9.17, 15) is 4.79 Å². The Morgan fingerprint density at radius 2 is 1.92 bits per heavy atom. The summed E-state index contributed by atoms with van der Waals surface area (Å²) in [5.41, 5.74) is 5.67. The molecule has 0 fully saturated rings. The molecule has 0 bridgehead atoms. The van der Waals surface area contributed by atoms with Gasteiger partial charge in [0.05, 0.1) is 0 Å². The van der Waals surface area contributed by atoms with E-state index in [-0.39, 0.29) is 18.4 Å². The lowest BCUT2D eigenvalue weighted by molar-refractivity contribution is -0.138. The Balaban J connectivity index is 3.95. The summed E-state index contributed by atoms with van der Waals surface area (Å²) in [6, 6.07) is -0.0245. The number of rotatable bonds is 5. The van der Waals surface area contributed by atoms with E-state index in [0.717, 1.165) is 6.42 Å².